The van der Waals surface area contributed by atoms with Gasteiger partial charge in [-0.3, -0.25) is 9.69 Å². The average Bonchev–Trinajstić information content (AvgIpc) is 2.94. The molecule has 0 saturated carbocycles. The van der Waals surface area contributed by atoms with E-state index in [1.807, 2.05) is 0 Å². The third-order valence-electron chi connectivity index (χ3n) is 5.72. The summed E-state index contributed by atoms with van der Waals surface area (Å²) < 4.78 is 24.1. The molecule has 0 aliphatic heterocycles. The molecule has 11 nitrogen and oxygen atoms in total. The van der Waals surface area contributed by atoms with Crippen molar-refractivity contribution in [3.8, 4) is 17.7 Å². The van der Waals surface area contributed by atoms with E-state index in [2.05, 4.69) is 42.7 Å². The Bertz CT molecular complexity index is 1430. The van der Waals surface area contributed by atoms with Crippen LogP contribution >= 0.6 is 0 Å². The highest BCUT2D eigenvalue weighted by molar-refractivity contribution is 5.85. The van der Waals surface area contributed by atoms with Gasteiger partial charge in [0.15, 0.2) is 5.82 Å². The normalized spacial score (nSPS) is 11.4. The molecule has 3 rings (SSSR count). The van der Waals surface area contributed by atoms with E-state index in [1.165, 1.54) is 31.2 Å². The first-order chi connectivity index (χ1) is 19.9. The number of hydrogen-bond donors (Lipinski definition) is 3. The van der Waals surface area contributed by atoms with Gasteiger partial charge in [0.2, 0.25) is 17.7 Å². The van der Waals surface area contributed by atoms with Crippen molar-refractivity contribution in [1.82, 2.24) is 25.2 Å². The quantitative estimate of drug-likeness (QED) is 0.225. The van der Waals surface area contributed by atoms with Gasteiger partial charge in [-0.1, -0.05) is 17.9 Å². The van der Waals surface area contributed by atoms with Gasteiger partial charge >= 0.3 is 6.09 Å². The third-order valence-corrected chi connectivity index (χ3v) is 5.72. The minimum atomic E-state index is -0.691. The maximum atomic E-state index is 13.6. The van der Waals surface area contributed by atoms with Crippen molar-refractivity contribution in [1.29, 1.82) is 0 Å². The van der Waals surface area contributed by atoms with Gasteiger partial charge in [-0.15, -0.1) is 0 Å². The van der Waals surface area contributed by atoms with E-state index in [9.17, 15) is 14.0 Å². The molecule has 0 bridgehead atoms. The fourth-order valence-corrected chi connectivity index (χ4v) is 3.40. The molecular formula is C30H36FN7O4. The summed E-state index contributed by atoms with van der Waals surface area (Å²) in [6.45, 7) is 7.33. The van der Waals surface area contributed by atoms with E-state index < -0.39 is 17.7 Å². The van der Waals surface area contributed by atoms with Crippen molar-refractivity contribution in [3.05, 3.63) is 60.2 Å². The average molecular weight is 578 g/mol. The van der Waals surface area contributed by atoms with E-state index in [4.69, 9.17) is 9.47 Å². The van der Waals surface area contributed by atoms with Crippen molar-refractivity contribution in [2.24, 2.45) is 0 Å². The van der Waals surface area contributed by atoms with Crippen molar-refractivity contribution in [2.45, 2.75) is 52.2 Å². The van der Waals surface area contributed by atoms with Crippen LogP contribution in [0.15, 0.2) is 48.8 Å². The number of benzene rings is 1. The number of anilines is 4. The second kappa shape index (κ2) is 14.6. The molecule has 1 atom stereocenters. The maximum Gasteiger partial charge on any atom is 0.410 e. The Labute approximate surface area is 245 Å². The lowest BCUT2D eigenvalue weighted by atomic mass is 10.2. The molecule has 3 N–H and O–H groups in total. The fraction of sp³-hybridized carbons (Fsp3) is 0.367. The van der Waals surface area contributed by atoms with Crippen LogP contribution in [0, 0.1) is 17.7 Å². The van der Waals surface area contributed by atoms with Crippen LogP contribution in [-0.4, -0.2) is 64.2 Å². The number of amides is 2. The Morgan fingerprint density at radius 3 is 2.55 bits per heavy atom. The number of halogens is 1. The predicted octanol–water partition coefficient (Wildman–Crippen LogP) is 5.01. The summed E-state index contributed by atoms with van der Waals surface area (Å²) in [5.41, 5.74) is 1.04. The van der Waals surface area contributed by atoms with E-state index in [-0.39, 0.29) is 17.7 Å². The molecule has 0 unspecified atom stereocenters. The third kappa shape index (κ3) is 9.92. The highest BCUT2D eigenvalue weighted by Gasteiger charge is 2.26. The number of carbonyl (C=O) groups excluding carboxylic acids is 2. The zero-order valence-corrected chi connectivity index (χ0v) is 24.6. The summed E-state index contributed by atoms with van der Waals surface area (Å²) in [5.74, 6) is 6.63. The van der Waals surface area contributed by atoms with Crippen LogP contribution in [0.1, 0.15) is 46.1 Å². The smallest absolute Gasteiger partial charge is 0.410 e. The maximum absolute atomic E-state index is 13.6. The Morgan fingerprint density at radius 2 is 1.88 bits per heavy atom. The fourth-order valence-electron chi connectivity index (χ4n) is 3.40. The zero-order valence-electron chi connectivity index (χ0n) is 24.6. The summed E-state index contributed by atoms with van der Waals surface area (Å²) >= 11 is 0. The van der Waals surface area contributed by atoms with Gasteiger partial charge in [-0.2, -0.15) is 4.98 Å². The molecule has 1 aromatic carbocycles. The number of likely N-dealkylation sites (N-methyl/N-ethyl adjacent to an activating group) is 1. The number of carbonyl (C=O) groups is 2. The second-order valence-electron chi connectivity index (χ2n) is 10.3. The van der Waals surface area contributed by atoms with Gasteiger partial charge in [-0.25, -0.2) is 19.2 Å². The first kappa shape index (κ1) is 31.6. The Kier molecular flexibility index (Phi) is 11.0. The van der Waals surface area contributed by atoms with E-state index in [0.717, 1.165) is 0 Å². The van der Waals surface area contributed by atoms with Crippen LogP contribution < -0.4 is 20.7 Å². The van der Waals surface area contributed by atoms with Gasteiger partial charge in [-0.05, 0) is 58.4 Å². The number of nitrogens with one attached hydrogen (secondary N) is 3. The summed E-state index contributed by atoms with van der Waals surface area (Å²) in [6, 6.07) is 8.78. The van der Waals surface area contributed by atoms with Crippen molar-refractivity contribution >= 4 is 35.1 Å². The van der Waals surface area contributed by atoms with Crippen LogP contribution in [0.5, 0.6) is 5.88 Å². The largest absolute Gasteiger partial charge is 0.481 e. The predicted molar refractivity (Wildman–Crippen MR) is 158 cm³/mol. The minimum Gasteiger partial charge on any atom is -0.481 e. The molecule has 2 heterocycles. The Hall–Kier alpha value is -4.92. The number of unbranched alkanes of at least 4 members (excludes halogenated alkanes) is 1. The summed E-state index contributed by atoms with van der Waals surface area (Å²) in [5, 5.41) is 9.00. The lowest BCUT2D eigenvalue weighted by molar-refractivity contribution is -0.125. The summed E-state index contributed by atoms with van der Waals surface area (Å²) in [6.07, 6.45) is 3.68. The standard InChI is InChI=1S/C30H36FN7O4/c1-20(38(5)29(40)42-30(2,3)4)27(39)32-16-9-7-8-11-21-18-34-28(36-23-13-10-12-22(31)17-23)37-26(21)35-24-14-15-25(41-6)33-19-24/h10,12-15,17-20H,7,9,16H2,1-6H3,(H,32,39)(H2,34,35,36,37)/t20-/m0/s1. The van der Waals surface area contributed by atoms with Gasteiger partial charge in [0, 0.05) is 31.8 Å². The minimum absolute atomic E-state index is 0.253. The van der Waals surface area contributed by atoms with Gasteiger partial charge in [0.25, 0.3) is 0 Å². The summed E-state index contributed by atoms with van der Waals surface area (Å²) in [4.78, 5) is 39.0. The first-order valence-corrected chi connectivity index (χ1v) is 13.3. The molecule has 3 aromatic rings. The first-order valence-electron chi connectivity index (χ1n) is 13.3. The van der Waals surface area contributed by atoms with Crippen molar-refractivity contribution in [2.75, 3.05) is 31.3 Å². The zero-order chi connectivity index (χ0) is 30.7. The topological polar surface area (TPSA) is 131 Å². The number of hydrogen-bond acceptors (Lipinski definition) is 9. The van der Waals surface area contributed by atoms with E-state index in [1.54, 1.807) is 64.4 Å². The lowest BCUT2D eigenvalue weighted by Gasteiger charge is -2.28. The highest BCUT2D eigenvalue weighted by Crippen LogP contribution is 2.22. The van der Waals surface area contributed by atoms with Crippen molar-refractivity contribution < 1.29 is 23.5 Å². The number of pyridine rings is 1. The number of nitrogens with zero attached hydrogens (tertiary/aromatic N) is 4. The highest BCUT2D eigenvalue weighted by atomic mass is 19.1. The van der Waals surface area contributed by atoms with Crippen LogP contribution in [-0.2, 0) is 9.53 Å². The molecule has 2 aromatic heterocycles. The van der Waals surface area contributed by atoms with Crippen molar-refractivity contribution in [3.63, 3.8) is 0 Å². The van der Waals surface area contributed by atoms with Crippen LogP contribution in [0.3, 0.4) is 0 Å². The molecule has 0 aliphatic rings. The molecule has 12 heteroatoms. The molecule has 0 saturated heterocycles. The molecule has 0 aliphatic carbocycles. The van der Waals surface area contributed by atoms with E-state index in [0.29, 0.717) is 48.0 Å². The van der Waals surface area contributed by atoms with Crippen LogP contribution in [0.25, 0.3) is 0 Å². The van der Waals surface area contributed by atoms with Gasteiger partial charge in [0.05, 0.1) is 30.8 Å². The van der Waals surface area contributed by atoms with Gasteiger partial charge in [0.1, 0.15) is 17.5 Å². The van der Waals surface area contributed by atoms with Crippen LogP contribution in [0.4, 0.5) is 32.3 Å². The summed E-state index contributed by atoms with van der Waals surface area (Å²) in [7, 11) is 3.06. The van der Waals surface area contributed by atoms with Crippen LogP contribution in [0.2, 0.25) is 0 Å². The molecular weight excluding hydrogens is 541 g/mol. The van der Waals surface area contributed by atoms with E-state index >= 15 is 0 Å². The van der Waals surface area contributed by atoms with Gasteiger partial charge < -0.3 is 25.4 Å². The molecule has 222 valence electrons. The molecule has 42 heavy (non-hydrogen) atoms. The molecule has 0 radical (unpaired) electrons. The SMILES string of the molecule is COc1ccc(Nc2nc(Nc3cccc(F)c3)ncc2C#CCCCNC(=O)[C@H](C)N(C)C(=O)OC(C)(C)C)cn1. The Morgan fingerprint density at radius 1 is 1.10 bits per heavy atom. The number of aromatic nitrogens is 3. The monoisotopic (exact) mass is 577 g/mol. The number of ether oxygens (including phenoxy) is 2. The number of methoxy groups -OCH3 is 1. The lowest BCUT2D eigenvalue weighted by Crippen LogP contribution is -2.47. The molecule has 0 spiro atoms. The number of rotatable bonds is 10. The Balaban J connectivity index is 1.62. The molecule has 2 amide bonds. The molecule has 0 fully saturated rings. The second-order valence-corrected chi connectivity index (χ2v) is 10.3.